The Morgan fingerprint density at radius 1 is 1.35 bits per heavy atom. The summed E-state index contributed by atoms with van der Waals surface area (Å²) in [6, 6.07) is 0. The number of nitrogens with one attached hydrogen (secondary N) is 1. The third-order valence-electron chi connectivity index (χ3n) is 4.30. The number of carbonyl (C=O) groups is 1. The second-order valence-electron chi connectivity index (χ2n) is 6.13. The number of hydrogen-bond acceptors (Lipinski definition) is 4. The molecule has 20 heavy (non-hydrogen) atoms. The number of carbonyl (C=O) groups excluding carboxylic acids is 1. The lowest BCUT2D eigenvalue weighted by atomic mass is 9.75. The van der Waals surface area contributed by atoms with E-state index in [1.54, 1.807) is 0 Å². The van der Waals surface area contributed by atoms with E-state index < -0.39 is 10.2 Å². The third kappa shape index (κ3) is 4.41. The molecule has 5 N–H and O–H groups in total. The van der Waals surface area contributed by atoms with E-state index in [9.17, 15) is 13.2 Å². The van der Waals surface area contributed by atoms with Gasteiger partial charge in [0.15, 0.2) is 0 Å². The number of hydrogen-bond donors (Lipinski definition) is 3. The number of nitrogens with two attached hydrogens (primary N) is 2. The first kappa shape index (κ1) is 15.7. The zero-order chi connectivity index (χ0) is 14.8. The predicted octanol–water partition coefficient (Wildman–Crippen LogP) is -0.710. The van der Waals surface area contributed by atoms with E-state index in [-0.39, 0.29) is 23.9 Å². The van der Waals surface area contributed by atoms with E-state index >= 15 is 0 Å². The molecule has 0 bridgehead atoms. The molecule has 1 atom stereocenters. The van der Waals surface area contributed by atoms with E-state index in [4.69, 9.17) is 10.9 Å². The normalized spacial score (nSPS) is 26.1. The quantitative estimate of drug-likeness (QED) is 0.621. The van der Waals surface area contributed by atoms with Gasteiger partial charge in [-0.3, -0.25) is 4.79 Å². The van der Waals surface area contributed by atoms with Crippen LogP contribution in [0.5, 0.6) is 0 Å². The van der Waals surface area contributed by atoms with Crippen molar-refractivity contribution >= 4 is 16.1 Å². The molecule has 1 aliphatic heterocycles. The van der Waals surface area contributed by atoms with Gasteiger partial charge in [0, 0.05) is 31.6 Å². The molecular weight excluding hydrogens is 280 g/mol. The smallest absolute Gasteiger partial charge is 0.274 e. The van der Waals surface area contributed by atoms with Crippen molar-refractivity contribution in [1.82, 2.24) is 9.62 Å². The molecular formula is C12H24N4O3S. The number of amides is 1. The number of piperidine rings is 1. The molecule has 1 aliphatic carbocycles. The zero-order valence-electron chi connectivity index (χ0n) is 11.7. The standard InChI is InChI=1S/C12H24N4O3S/c13-12(4-2-5-12)7-11(17)16-6-1-3-10(9-16)8-15-20(14,18)19/h10,15H,1-9,13H2,(H2,14,18,19). The van der Waals surface area contributed by atoms with Crippen molar-refractivity contribution < 1.29 is 13.2 Å². The molecule has 1 heterocycles. The summed E-state index contributed by atoms with van der Waals surface area (Å²) in [5, 5.41) is 4.92. The first-order chi connectivity index (χ1) is 9.27. The fourth-order valence-corrected chi connectivity index (χ4v) is 3.38. The highest BCUT2D eigenvalue weighted by molar-refractivity contribution is 7.87. The van der Waals surface area contributed by atoms with Gasteiger partial charge in [0.25, 0.3) is 10.2 Å². The van der Waals surface area contributed by atoms with E-state index in [0.29, 0.717) is 13.0 Å². The number of rotatable bonds is 5. The van der Waals surface area contributed by atoms with Gasteiger partial charge in [0.05, 0.1) is 0 Å². The first-order valence-corrected chi connectivity index (χ1v) is 8.66. The SMILES string of the molecule is NC1(CC(=O)N2CCCC(CNS(N)(=O)=O)C2)CCC1. The molecule has 0 radical (unpaired) electrons. The third-order valence-corrected chi connectivity index (χ3v) is 4.87. The van der Waals surface area contributed by atoms with Crippen LogP contribution in [0.4, 0.5) is 0 Å². The highest BCUT2D eigenvalue weighted by Gasteiger charge is 2.36. The summed E-state index contributed by atoms with van der Waals surface area (Å²) in [7, 11) is -3.66. The Kier molecular flexibility index (Phi) is 4.68. The second kappa shape index (κ2) is 5.97. The van der Waals surface area contributed by atoms with Crippen LogP contribution in [0.2, 0.25) is 0 Å². The van der Waals surface area contributed by atoms with Gasteiger partial charge in [-0.25, -0.2) is 9.86 Å². The zero-order valence-corrected chi connectivity index (χ0v) is 12.5. The minimum Gasteiger partial charge on any atom is -0.342 e. The topological polar surface area (TPSA) is 119 Å². The van der Waals surface area contributed by atoms with Crippen molar-refractivity contribution in [2.45, 2.75) is 44.1 Å². The summed E-state index contributed by atoms with van der Waals surface area (Å²) in [4.78, 5) is 14.0. The van der Waals surface area contributed by atoms with Crippen molar-refractivity contribution in [2.75, 3.05) is 19.6 Å². The lowest BCUT2D eigenvalue weighted by Gasteiger charge is -2.40. The van der Waals surface area contributed by atoms with Gasteiger partial charge in [-0.05, 0) is 38.0 Å². The van der Waals surface area contributed by atoms with Crippen molar-refractivity contribution in [3.8, 4) is 0 Å². The number of nitrogens with zero attached hydrogens (tertiary/aromatic N) is 1. The van der Waals surface area contributed by atoms with Crippen LogP contribution < -0.4 is 15.6 Å². The van der Waals surface area contributed by atoms with Crippen LogP contribution in [-0.4, -0.2) is 44.4 Å². The molecule has 2 rings (SSSR count). The molecule has 2 aliphatic rings. The van der Waals surface area contributed by atoms with E-state index in [0.717, 1.165) is 38.6 Å². The largest absolute Gasteiger partial charge is 0.342 e. The summed E-state index contributed by atoms with van der Waals surface area (Å²) in [6.07, 6.45) is 5.14. The van der Waals surface area contributed by atoms with Crippen molar-refractivity contribution in [2.24, 2.45) is 16.8 Å². The molecule has 0 aromatic heterocycles. The molecule has 1 amide bonds. The first-order valence-electron chi connectivity index (χ1n) is 7.11. The summed E-state index contributed by atoms with van der Waals surface area (Å²) >= 11 is 0. The summed E-state index contributed by atoms with van der Waals surface area (Å²) in [5.41, 5.74) is 5.80. The van der Waals surface area contributed by atoms with Gasteiger partial charge in [-0.15, -0.1) is 0 Å². The molecule has 1 unspecified atom stereocenters. The molecule has 116 valence electrons. The lowest BCUT2D eigenvalue weighted by molar-refractivity contribution is -0.135. The van der Waals surface area contributed by atoms with Gasteiger partial charge in [0.1, 0.15) is 0 Å². The molecule has 8 heteroatoms. The van der Waals surface area contributed by atoms with E-state index in [1.807, 2.05) is 4.90 Å². The molecule has 1 saturated heterocycles. The van der Waals surface area contributed by atoms with Crippen molar-refractivity contribution in [1.29, 1.82) is 0 Å². The Morgan fingerprint density at radius 3 is 2.60 bits per heavy atom. The van der Waals surface area contributed by atoms with Gasteiger partial charge in [-0.1, -0.05) is 0 Å². The molecule has 1 saturated carbocycles. The Labute approximate surface area is 120 Å². The maximum atomic E-state index is 12.2. The monoisotopic (exact) mass is 304 g/mol. The van der Waals surface area contributed by atoms with Crippen LogP contribution in [-0.2, 0) is 15.0 Å². The molecule has 0 spiro atoms. The maximum absolute atomic E-state index is 12.2. The molecule has 7 nitrogen and oxygen atoms in total. The highest BCUT2D eigenvalue weighted by atomic mass is 32.2. The van der Waals surface area contributed by atoms with Gasteiger partial charge >= 0.3 is 0 Å². The Balaban J connectivity index is 1.81. The predicted molar refractivity (Wildman–Crippen MR) is 75.8 cm³/mol. The van der Waals surface area contributed by atoms with Crippen molar-refractivity contribution in [3.05, 3.63) is 0 Å². The minimum absolute atomic E-state index is 0.0903. The fraction of sp³-hybridized carbons (Fsp3) is 0.917. The van der Waals surface area contributed by atoms with Crippen LogP contribution in [0, 0.1) is 5.92 Å². The Hall–Kier alpha value is -0.700. The van der Waals surface area contributed by atoms with Crippen LogP contribution in [0.25, 0.3) is 0 Å². The summed E-state index contributed by atoms with van der Waals surface area (Å²) in [6.45, 7) is 1.61. The molecule has 0 aromatic rings. The van der Waals surface area contributed by atoms with Crippen molar-refractivity contribution in [3.63, 3.8) is 0 Å². The Bertz CT molecular complexity index is 461. The minimum atomic E-state index is -3.66. The van der Waals surface area contributed by atoms with E-state index in [1.165, 1.54) is 0 Å². The van der Waals surface area contributed by atoms with E-state index in [2.05, 4.69) is 4.72 Å². The Morgan fingerprint density at radius 2 is 2.05 bits per heavy atom. The average molecular weight is 304 g/mol. The summed E-state index contributed by atoms with van der Waals surface area (Å²) < 4.78 is 24.1. The van der Waals surface area contributed by atoms with Crippen LogP contribution in [0.1, 0.15) is 38.5 Å². The molecule has 0 aromatic carbocycles. The fourth-order valence-electron chi connectivity index (χ4n) is 2.91. The maximum Gasteiger partial charge on any atom is 0.274 e. The van der Waals surface area contributed by atoms with Gasteiger partial charge in [0.2, 0.25) is 5.91 Å². The van der Waals surface area contributed by atoms with Crippen LogP contribution >= 0.6 is 0 Å². The second-order valence-corrected chi connectivity index (χ2v) is 7.51. The summed E-state index contributed by atoms with van der Waals surface area (Å²) in [5.74, 6) is 0.216. The van der Waals surface area contributed by atoms with Gasteiger partial charge in [-0.2, -0.15) is 8.42 Å². The molecule has 2 fully saturated rings. The lowest BCUT2D eigenvalue weighted by Crippen LogP contribution is -2.52. The van der Waals surface area contributed by atoms with Crippen LogP contribution in [0.15, 0.2) is 0 Å². The number of likely N-dealkylation sites (tertiary alicyclic amines) is 1. The van der Waals surface area contributed by atoms with Gasteiger partial charge < -0.3 is 10.6 Å². The average Bonchev–Trinajstić information content (AvgIpc) is 2.34. The highest BCUT2D eigenvalue weighted by Crippen LogP contribution is 2.33. The van der Waals surface area contributed by atoms with Crippen LogP contribution in [0.3, 0.4) is 0 Å².